The van der Waals surface area contributed by atoms with Gasteiger partial charge in [-0.3, -0.25) is 0 Å². The summed E-state index contributed by atoms with van der Waals surface area (Å²) >= 11 is 0. The summed E-state index contributed by atoms with van der Waals surface area (Å²) in [6.45, 7) is 5.74. The van der Waals surface area contributed by atoms with Gasteiger partial charge in [0.05, 0.1) is 11.9 Å². The molecule has 0 aliphatic carbocycles. The predicted octanol–water partition coefficient (Wildman–Crippen LogP) is 3.75. The number of nitrogens with two attached hydrogens (primary N) is 1. The molecule has 3 aromatic rings. The molecule has 7 heteroatoms. The maximum Gasteiger partial charge on any atom is 0.407 e. The normalized spacial score (nSPS) is 11.8. The van der Waals surface area contributed by atoms with E-state index < -0.39 is 11.7 Å². The molecule has 0 spiro atoms. The molecule has 140 valence electrons. The molecule has 4 N–H and O–H groups in total. The Bertz CT molecular complexity index is 985. The quantitative estimate of drug-likeness (QED) is 0.653. The van der Waals surface area contributed by atoms with Crippen LogP contribution >= 0.6 is 0 Å². The maximum absolute atomic E-state index is 11.6. The van der Waals surface area contributed by atoms with Gasteiger partial charge in [0.15, 0.2) is 0 Å². The molecule has 1 aromatic carbocycles. The number of aromatic amines is 1. The topological polar surface area (TPSA) is 106 Å². The Labute approximate surface area is 157 Å². The van der Waals surface area contributed by atoms with Crippen LogP contribution in [0.15, 0.2) is 42.7 Å². The number of nitrogen functional groups attached to an aromatic ring is 1. The Balaban J connectivity index is 1.73. The smallest absolute Gasteiger partial charge is 0.407 e. The molecule has 0 aliphatic heterocycles. The highest BCUT2D eigenvalue weighted by atomic mass is 16.6. The molecular formula is C20H23N5O2. The fourth-order valence-electron chi connectivity index (χ4n) is 2.58. The zero-order chi connectivity index (χ0) is 19.4. The zero-order valence-electron chi connectivity index (χ0n) is 15.6. The van der Waals surface area contributed by atoms with Crippen LogP contribution in [0, 0.1) is 0 Å². The van der Waals surface area contributed by atoms with Gasteiger partial charge in [0, 0.05) is 29.2 Å². The highest BCUT2D eigenvalue weighted by molar-refractivity contribution is 5.94. The Morgan fingerprint density at radius 3 is 2.89 bits per heavy atom. The number of amides is 1. The minimum Gasteiger partial charge on any atom is -0.444 e. The van der Waals surface area contributed by atoms with Gasteiger partial charge in [0.1, 0.15) is 17.1 Å². The fourth-order valence-corrected chi connectivity index (χ4v) is 2.58. The van der Waals surface area contributed by atoms with Crippen molar-refractivity contribution in [1.29, 1.82) is 0 Å². The number of nitrogens with zero attached hydrogens (tertiary/aromatic N) is 2. The Morgan fingerprint density at radius 1 is 1.33 bits per heavy atom. The third-order valence-corrected chi connectivity index (χ3v) is 3.73. The number of hydrogen-bond acceptors (Lipinski definition) is 5. The number of carbonyl (C=O) groups is 1. The van der Waals surface area contributed by atoms with E-state index in [0.29, 0.717) is 18.1 Å². The average Bonchev–Trinajstić information content (AvgIpc) is 3.03. The van der Waals surface area contributed by atoms with Crippen molar-refractivity contribution in [3.8, 4) is 11.3 Å². The van der Waals surface area contributed by atoms with E-state index in [0.717, 1.165) is 22.2 Å². The Kier molecular flexibility index (Phi) is 5.12. The van der Waals surface area contributed by atoms with Crippen LogP contribution in [0.3, 0.4) is 0 Å². The number of H-pyrrole nitrogens is 1. The molecule has 3 rings (SSSR count). The van der Waals surface area contributed by atoms with Crippen molar-refractivity contribution in [2.75, 3.05) is 12.3 Å². The first kappa shape index (κ1) is 18.4. The molecule has 7 nitrogen and oxygen atoms in total. The lowest BCUT2D eigenvalue weighted by molar-refractivity contribution is 0.0534. The molecule has 2 aromatic heterocycles. The number of anilines is 1. The van der Waals surface area contributed by atoms with Crippen LogP contribution in [0.2, 0.25) is 0 Å². The highest BCUT2D eigenvalue weighted by Crippen LogP contribution is 2.27. The summed E-state index contributed by atoms with van der Waals surface area (Å²) in [5.41, 5.74) is 8.66. The largest absolute Gasteiger partial charge is 0.444 e. The molecule has 0 saturated heterocycles. The number of alkyl carbamates (subject to hydrolysis) is 1. The third kappa shape index (κ3) is 4.63. The lowest BCUT2D eigenvalue weighted by Gasteiger charge is -2.19. The Morgan fingerprint density at radius 2 is 2.11 bits per heavy atom. The molecule has 0 saturated carbocycles. The summed E-state index contributed by atoms with van der Waals surface area (Å²) in [5, 5.41) is 3.72. The second kappa shape index (κ2) is 7.49. The summed E-state index contributed by atoms with van der Waals surface area (Å²) in [7, 11) is 0. The second-order valence-electron chi connectivity index (χ2n) is 7.06. The minimum absolute atomic E-state index is 0.299. The van der Waals surface area contributed by atoms with E-state index >= 15 is 0 Å². The van der Waals surface area contributed by atoms with Gasteiger partial charge in [-0.1, -0.05) is 24.3 Å². The first-order valence-electron chi connectivity index (χ1n) is 8.66. The number of para-hydroxylation sites is 1. The highest BCUT2D eigenvalue weighted by Gasteiger charge is 2.15. The number of ether oxygens (including phenoxy) is 1. The van der Waals surface area contributed by atoms with E-state index in [1.165, 1.54) is 0 Å². The van der Waals surface area contributed by atoms with E-state index in [-0.39, 0.29) is 0 Å². The van der Waals surface area contributed by atoms with Crippen molar-refractivity contribution in [2.24, 2.45) is 0 Å². The van der Waals surface area contributed by atoms with Gasteiger partial charge in [0.25, 0.3) is 0 Å². The lowest BCUT2D eigenvalue weighted by Crippen LogP contribution is -2.32. The van der Waals surface area contributed by atoms with E-state index in [1.54, 1.807) is 18.3 Å². The monoisotopic (exact) mass is 365 g/mol. The van der Waals surface area contributed by atoms with Gasteiger partial charge in [0.2, 0.25) is 0 Å². The van der Waals surface area contributed by atoms with Crippen molar-refractivity contribution < 1.29 is 9.53 Å². The molecule has 0 unspecified atom stereocenters. The van der Waals surface area contributed by atoms with E-state index in [4.69, 9.17) is 10.5 Å². The van der Waals surface area contributed by atoms with E-state index in [9.17, 15) is 4.79 Å². The van der Waals surface area contributed by atoms with Crippen molar-refractivity contribution >= 4 is 28.9 Å². The molecule has 0 fully saturated rings. The molecule has 0 atom stereocenters. The number of hydrogen-bond donors (Lipinski definition) is 3. The zero-order valence-corrected chi connectivity index (χ0v) is 15.6. The minimum atomic E-state index is -0.530. The van der Waals surface area contributed by atoms with Crippen molar-refractivity contribution in [3.63, 3.8) is 0 Å². The first-order chi connectivity index (χ1) is 12.8. The summed E-state index contributed by atoms with van der Waals surface area (Å²) in [6, 6.07) is 7.99. The standard InChI is InChI=1S/C20H23N5O2/c1-20(2,3)27-19(26)22-10-6-9-16-18(21)24-12-17(25-16)14-11-23-15-8-5-4-7-13(14)15/h4-9,11-12,23H,10H2,1-3H3,(H2,21,24)(H,22,26)/b9-6+. The molecule has 0 bridgehead atoms. The fraction of sp³-hybridized carbons (Fsp3) is 0.250. The number of nitrogens with one attached hydrogen (secondary N) is 2. The maximum atomic E-state index is 11.6. The molecule has 27 heavy (non-hydrogen) atoms. The third-order valence-electron chi connectivity index (χ3n) is 3.73. The van der Waals surface area contributed by atoms with Gasteiger partial charge in [-0.25, -0.2) is 14.8 Å². The molecule has 1 amide bonds. The SMILES string of the molecule is CC(C)(C)OC(=O)NC/C=C/c1nc(-c2c[nH]c3ccccc23)cnc1N. The summed E-state index contributed by atoms with van der Waals surface area (Å²) < 4.78 is 5.18. The number of fused-ring (bicyclic) bond motifs is 1. The average molecular weight is 365 g/mol. The first-order valence-corrected chi connectivity index (χ1v) is 8.66. The molecular weight excluding hydrogens is 342 g/mol. The second-order valence-corrected chi connectivity index (χ2v) is 7.06. The van der Waals surface area contributed by atoms with Crippen LogP contribution in [0.4, 0.5) is 10.6 Å². The number of rotatable bonds is 4. The van der Waals surface area contributed by atoms with Crippen LogP contribution in [-0.2, 0) is 4.74 Å². The molecule has 0 aliphatic rings. The van der Waals surface area contributed by atoms with E-state index in [1.807, 2.05) is 51.2 Å². The van der Waals surface area contributed by atoms with Crippen LogP contribution in [-0.4, -0.2) is 33.2 Å². The van der Waals surface area contributed by atoms with Gasteiger partial charge < -0.3 is 20.8 Å². The van der Waals surface area contributed by atoms with Crippen molar-refractivity contribution in [2.45, 2.75) is 26.4 Å². The van der Waals surface area contributed by atoms with Crippen LogP contribution in [0.5, 0.6) is 0 Å². The lowest BCUT2D eigenvalue weighted by atomic mass is 10.1. The van der Waals surface area contributed by atoms with Crippen LogP contribution in [0.1, 0.15) is 26.5 Å². The van der Waals surface area contributed by atoms with Crippen molar-refractivity contribution in [3.05, 3.63) is 48.4 Å². The van der Waals surface area contributed by atoms with Crippen molar-refractivity contribution in [1.82, 2.24) is 20.3 Å². The summed E-state index contributed by atoms with van der Waals surface area (Å²) in [6.07, 6.45) is 6.57. The van der Waals surface area contributed by atoms with Gasteiger partial charge in [-0.05, 0) is 32.9 Å². The van der Waals surface area contributed by atoms with Gasteiger partial charge in [-0.15, -0.1) is 0 Å². The van der Waals surface area contributed by atoms with Crippen LogP contribution in [0.25, 0.3) is 28.2 Å². The summed E-state index contributed by atoms with van der Waals surface area (Å²) in [5.74, 6) is 0.326. The Hall–Kier alpha value is -3.35. The number of aromatic nitrogens is 3. The molecule has 2 heterocycles. The molecule has 0 radical (unpaired) electrons. The van der Waals surface area contributed by atoms with Gasteiger partial charge in [-0.2, -0.15) is 0 Å². The van der Waals surface area contributed by atoms with Crippen LogP contribution < -0.4 is 11.1 Å². The number of benzene rings is 1. The van der Waals surface area contributed by atoms with E-state index in [2.05, 4.69) is 20.3 Å². The summed E-state index contributed by atoms with van der Waals surface area (Å²) in [4.78, 5) is 23.7. The predicted molar refractivity (Wildman–Crippen MR) is 107 cm³/mol. The van der Waals surface area contributed by atoms with Gasteiger partial charge >= 0.3 is 6.09 Å². The number of carbonyl (C=O) groups excluding carboxylic acids is 1.